The van der Waals surface area contributed by atoms with Crippen LogP contribution in [0.25, 0.3) is 0 Å². The van der Waals surface area contributed by atoms with Gasteiger partial charge in [-0.05, 0) is 44.0 Å². The summed E-state index contributed by atoms with van der Waals surface area (Å²) < 4.78 is 7.81. The molecule has 0 aromatic heterocycles. The van der Waals surface area contributed by atoms with E-state index >= 15 is 0 Å². The smallest absolute Gasteiger partial charge is 0.347 e. The number of halogens is 1. The molecule has 132 valence electrons. The normalized spacial score (nSPS) is 11.2. The summed E-state index contributed by atoms with van der Waals surface area (Å²) in [7, 11) is 4.48. The number of amidine groups is 1. The highest BCUT2D eigenvalue weighted by atomic mass is 35.5. The van der Waals surface area contributed by atoms with Gasteiger partial charge in [-0.15, -0.1) is 4.99 Å². The van der Waals surface area contributed by atoms with Gasteiger partial charge in [0.2, 0.25) is 0 Å². The highest BCUT2D eigenvalue weighted by molar-refractivity contribution is 7.98. The van der Waals surface area contributed by atoms with E-state index in [1.165, 1.54) is 16.9 Å². The molecule has 1 N–H and O–H groups in total. The number of carbonyl (C=O) groups is 2. The van der Waals surface area contributed by atoms with Crippen molar-refractivity contribution >= 4 is 41.6 Å². The number of nitrogens with one attached hydrogen (secondary N) is 1. The van der Waals surface area contributed by atoms with Crippen LogP contribution in [0.2, 0.25) is 5.02 Å². The number of urea groups is 2. The van der Waals surface area contributed by atoms with Crippen molar-refractivity contribution in [3.05, 3.63) is 29.3 Å². The largest absolute Gasteiger partial charge is 0.468 e. The van der Waals surface area contributed by atoms with Crippen molar-refractivity contribution in [3.63, 3.8) is 0 Å². The molecule has 0 aliphatic carbocycles. The van der Waals surface area contributed by atoms with Crippen LogP contribution in [0.15, 0.2) is 34.2 Å². The predicted octanol–water partition coefficient (Wildman–Crippen LogP) is 3.45. The molecule has 24 heavy (non-hydrogen) atoms. The van der Waals surface area contributed by atoms with Crippen LogP contribution in [0.3, 0.4) is 0 Å². The Morgan fingerprint density at radius 2 is 2.00 bits per heavy atom. The van der Waals surface area contributed by atoms with Gasteiger partial charge in [0.15, 0.2) is 0 Å². The third-order valence-electron chi connectivity index (χ3n) is 2.75. The summed E-state index contributed by atoms with van der Waals surface area (Å²) in [5.74, 6) is 0. The van der Waals surface area contributed by atoms with Gasteiger partial charge in [-0.1, -0.05) is 17.7 Å². The van der Waals surface area contributed by atoms with Crippen LogP contribution >= 0.6 is 23.5 Å². The second-order valence-electron chi connectivity index (χ2n) is 5.21. The number of amides is 4. The fourth-order valence-electron chi connectivity index (χ4n) is 1.60. The monoisotopic (exact) mass is 372 g/mol. The molecule has 0 aliphatic heterocycles. The average molecular weight is 373 g/mol. The summed E-state index contributed by atoms with van der Waals surface area (Å²) in [4.78, 5) is 31.4. The molecule has 4 amide bonds. The zero-order valence-corrected chi connectivity index (χ0v) is 15.8. The molecule has 0 spiro atoms. The quantitative estimate of drug-likeness (QED) is 0.501. The minimum atomic E-state index is -0.521. The molecule has 0 saturated carbocycles. The number of rotatable bonds is 3. The molecule has 0 aliphatic rings. The van der Waals surface area contributed by atoms with Gasteiger partial charge in [0.05, 0.1) is 7.11 Å². The Morgan fingerprint density at radius 1 is 1.33 bits per heavy atom. The van der Waals surface area contributed by atoms with E-state index in [1.54, 1.807) is 46.1 Å². The summed E-state index contributed by atoms with van der Waals surface area (Å²) in [5, 5.41) is 0.575. The van der Waals surface area contributed by atoms with Gasteiger partial charge >= 0.3 is 18.1 Å². The van der Waals surface area contributed by atoms with Gasteiger partial charge in [0.1, 0.15) is 0 Å². The SMILES string of the molecule is COC(=NC(=O)N(C)C)N(C(=O)NSc1cccc(Cl)c1)C(C)C. The van der Waals surface area contributed by atoms with Crippen molar-refractivity contribution < 1.29 is 14.3 Å². The molecule has 1 rings (SSSR count). The third kappa shape index (κ3) is 5.93. The maximum atomic E-state index is 12.5. The summed E-state index contributed by atoms with van der Waals surface area (Å²) in [6.45, 7) is 3.58. The first-order chi connectivity index (χ1) is 11.3. The van der Waals surface area contributed by atoms with E-state index in [1.807, 2.05) is 6.07 Å². The van der Waals surface area contributed by atoms with E-state index in [2.05, 4.69) is 9.71 Å². The zero-order chi connectivity index (χ0) is 18.3. The molecule has 0 heterocycles. The van der Waals surface area contributed by atoms with Crippen LogP contribution in [-0.2, 0) is 4.74 Å². The van der Waals surface area contributed by atoms with E-state index in [0.717, 1.165) is 16.8 Å². The van der Waals surface area contributed by atoms with Crippen molar-refractivity contribution in [1.29, 1.82) is 0 Å². The summed E-state index contributed by atoms with van der Waals surface area (Å²) >= 11 is 7.03. The minimum absolute atomic E-state index is 0.0760. The number of nitrogens with zero attached hydrogens (tertiary/aromatic N) is 3. The molecular weight excluding hydrogens is 352 g/mol. The Hall–Kier alpha value is -1.93. The van der Waals surface area contributed by atoms with Gasteiger partial charge < -0.3 is 9.64 Å². The maximum Gasteiger partial charge on any atom is 0.347 e. The molecule has 9 heteroatoms. The molecule has 7 nitrogen and oxygen atoms in total. The van der Waals surface area contributed by atoms with Crippen LogP contribution in [0.5, 0.6) is 0 Å². The predicted molar refractivity (Wildman–Crippen MR) is 96.3 cm³/mol. The summed E-state index contributed by atoms with van der Waals surface area (Å²) in [6, 6.07) is 5.76. The number of aliphatic imine (C=N–C) groups is 1. The van der Waals surface area contributed by atoms with Crippen LogP contribution < -0.4 is 4.72 Å². The van der Waals surface area contributed by atoms with Crippen molar-refractivity contribution in [3.8, 4) is 0 Å². The lowest BCUT2D eigenvalue weighted by Gasteiger charge is -2.26. The first-order valence-electron chi connectivity index (χ1n) is 7.11. The van der Waals surface area contributed by atoms with Crippen LogP contribution in [0.4, 0.5) is 9.59 Å². The first-order valence-corrected chi connectivity index (χ1v) is 8.31. The number of benzene rings is 1. The van der Waals surface area contributed by atoms with E-state index in [9.17, 15) is 9.59 Å². The molecule has 0 unspecified atom stereocenters. The van der Waals surface area contributed by atoms with Crippen molar-refractivity contribution in [1.82, 2.24) is 14.5 Å². The zero-order valence-electron chi connectivity index (χ0n) is 14.2. The Bertz CT molecular complexity index is 622. The first kappa shape index (κ1) is 20.1. The van der Waals surface area contributed by atoms with Crippen molar-refractivity contribution in [2.24, 2.45) is 4.99 Å². The van der Waals surface area contributed by atoms with Gasteiger partial charge in [-0.3, -0.25) is 4.72 Å². The number of hydrogen-bond acceptors (Lipinski definition) is 4. The maximum absolute atomic E-state index is 12.5. The van der Waals surface area contributed by atoms with Gasteiger partial charge in [-0.25, -0.2) is 14.5 Å². The molecule has 0 saturated heterocycles. The number of ether oxygens (including phenoxy) is 1. The van der Waals surface area contributed by atoms with E-state index in [0.29, 0.717) is 5.02 Å². The molecule has 1 aromatic rings. The van der Waals surface area contributed by atoms with E-state index in [4.69, 9.17) is 16.3 Å². The molecule has 0 atom stereocenters. The Morgan fingerprint density at radius 3 is 2.50 bits per heavy atom. The lowest BCUT2D eigenvalue weighted by atomic mass is 10.3. The van der Waals surface area contributed by atoms with Gasteiger partial charge in [0.25, 0.3) is 0 Å². The molecule has 0 radical (unpaired) electrons. The second kappa shape index (κ2) is 9.39. The number of methoxy groups -OCH3 is 1. The highest BCUT2D eigenvalue weighted by Crippen LogP contribution is 2.19. The minimum Gasteiger partial charge on any atom is -0.468 e. The fraction of sp³-hybridized carbons (Fsp3) is 0.400. The van der Waals surface area contributed by atoms with Crippen molar-refractivity contribution in [2.45, 2.75) is 24.8 Å². The van der Waals surface area contributed by atoms with Gasteiger partial charge in [-0.2, -0.15) is 0 Å². The molecule has 1 aromatic carbocycles. The Kier molecular flexibility index (Phi) is 7.87. The number of hydrogen-bond donors (Lipinski definition) is 1. The van der Waals surface area contributed by atoms with Crippen LogP contribution in [0.1, 0.15) is 13.8 Å². The fourth-order valence-corrected chi connectivity index (χ4v) is 2.50. The second-order valence-corrected chi connectivity index (χ2v) is 6.52. The molecule has 0 fully saturated rings. The molecule has 0 bridgehead atoms. The standard InChI is InChI=1S/C15H21ClN4O3S/c1-10(2)20(15(23-5)17-13(21)19(3)4)14(22)18-24-12-8-6-7-11(16)9-12/h6-10H,1-5H3,(H,18,22). The lowest BCUT2D eigenvalue weighted by Crippen LogP contribution is -2.47. The third-order valence-corrected chi connectivity index (χ3v) is 3.75. The average Bonchev–Trinajstić information content (AvgIpc) is 2.51. The van der Waals surface area contributed by atoms with Gasteiger partial charge in [0, 0.05) is 30.1 Å². The van der Waals surface area contributed by atoms with Crippen molar-refractivity contribution in [2.75, 3.05) is 21.2 Å². The summed E-state index contributed by atoms with van der Waals surface area (Å²) in [5.41, 5.74) is 0. The Balaban J connectivity index is 2.89. The topological polar surface area (TPSA) is 74.2 Å². The number of carbonyl (C=O) groups excluding carboxylic acids is 2. The van der Waals surface area contributed by atoms with Crippen LogP contribution in [-0.4, -0.2) is 55.1 Å². The Labute approximate surface area is 151 Å². The lowest BCUT2D eigenvalue weighted by molar-refractivity contribution is 0.201. The van der Waals surface area contributed by atoms with Crippen LogP contribution in [0, 0.1) is 0 Å². The summed E-state index contributed by atoms with van der Waals surface area (Å²) in [6.07, 6.45) is 0. The highest BCUT2D eigenvalue weighted by Gasteiger charge is 2.25. The van der Waals surface area contributed by atoms with E-state index in [-0.39, 0.29) is 12.1 Å². The van der Waals surface area contributed by atoms with E-state index < -0.39 is 12.1 Å². The molecular formula is C15H21ClN4O3S.